The van der Waals surface area contributed by atoms with Gasteiger partial charge in [-0.25, -0.2) is 0 Å². The Morgan fingerprint density at radius 2 is 1.96 bits per heavy atom. The van der Waals surface area contributed by atoms with Crippen LogP contribution in [0, 0.1) is 0 Å². The molecule has 1 aromatic carbocycles. The first-order valence-corrected chi connectivity index (χ1v) is 8.25. The molecule has 2 aromatic rings. The fourth-order valence-electron chi connectivity index (χ4n) is 2.05. The van der Waals surface area contributed by atoms with Crippen LogP contribution in [0.2, 0.25) is 0 Å². The molecule has 0 saturated heterocycles. The van der Waals surface area contributed by atoms with Gasteiger partial charge in [0.2, 0.25) is 11.8 Å². The minimum atomic E-state index is -4.67. The van der Waals surface area contributed by atoms with Crippen molar-refractivity contribution in [1.29, 1.82) is 0 Å². The molecular formula is C15H15F3N2O2S. The van der Waals surface area contributed by atoms with E-state index in [0.29, 0.717) is 23.5 Å². The highest BCUT2D eigenvalue weighted by atomic mass is 32.2. The van der Waals surface area contributed by atoms with Gasteiger partial charge in [0.15, 0.2) is 0 Å². The lowest BCUT2D eigenvalue weighted by atomic mass is 10.2. The molecular weight excluding hydrogens is 329 g/mol. The summed E-state index contributed by atoms with van der Waals surface area (Å²) in [7, 11) is 0. The van der Waals surface area contributed by atoms with Crippen LogP contribution < -0.4 is 4.74 Å². The third kappa shape index (κ3) is 4.63. The molecule has 1 aliphatic carbocycles. The topological polar surface area (TPSA) is 48.2 Å². The first-order valence-electron chi connectivity index (χ1n) is 7.20. The highest BCUT2D eigenvalue weighted by molar-refractivity contribution is 7.98. The maximum Gasteiger partial charge on any atom is 0.573 e. The standard InChI is InChI=1S/C15H15F3N2O2S/c1-9(10-4-6-12(7-5-10)22-15(16,17)18)23-8-13-19-20-14(21-13)11-2-3-11/h4-7,9,11H,2-3,8H2,1H3. The van der Waals surface area contributed by atoms with Gasteiger partial charge in [0, 0.05) is 11.2 Å². The summed E-state index contributed by atoms with van der Waals surface area (Å²) in [4.78, 5) is 0. The molecule has 8 heteroatoms. The normalized spacial score (nSPS) is 16.3. The summed E-state index contributed by atoms with van der Waals surface area (Å²) < 4.78 is 45.8. The molecule has 0 aliphatic heterocycles. The monoisotopic (exact) mass is 344 g/mol. The highest BCUT2D eigenvalue weighted by Crippen LogP contribution is 2.39. The number of ether oxygens (including phenoxy) is 1. The molecule has 23 heavy (non-hydrogen) atoms. The van der Waals surface area contributed by atoms with Gasteiger partial charge in [-0.1, -0.05) is 12.1 Å². The lowest BCUT2D eigenvalue weighted by Gasteiger charge is -2.12. The second-order valence-electron chi connectivity index (χ2n) is 5.38. The van der Waals surface area contributed by atoms with Gasteiger partial charge < -0.3 is 9.15 Å². The van der Waals surface area contributed by atoms with Crippen LogP contribution in [0.25, 0.3) is 0 Å². The maximum atomic E-state index is 12.1. The van der Waals surface area contributed by atoms with Crippen LogP contribution in [0.1, 0.15) is 48.3 Å². The Labute approximate surface area is 135 Å². The van der Waals surface area contributed by atoms with E-state index in [-0.39, 0.29) is 11.0 Å². The van der Waals surface area contributed by atoms with Crippen molar-refractivity contribution in [1.82, 2.24) is 10.2 Å². The van der Waals surface area contributed by atoms with Crippen LogP contribution in [0.15, 0.2) is 28.7 Å². The fraction of sp³-hybridized carbons (Fsp3) is 0.467. The number of halogens is 3. The van der Waals surface area contributed by atoms with Gasteiger partial charge in [0.25, 0.3) is 0 Å². The maximum absolute atomic E-state index is 12.1. The van der Waals surface area contributed by atoms with E-state index in [1.807, 2.05) is 6.92 Å². The van der Waals surface area contributed by atoms with Gasteiger partial charge >= 0.3 is 6.36 Å². The van der Waals surface area contributed by atoms with Crippen LogP contribution in [-0.2, 0) is 5.75 Å². The largest absolute Gasteiger partial charge is 0.573 e. The second-order valence-corrected chi connectivity index (χ2v) is 6.71. The van der Waals surface area contributed by atoms with Gasteiger partial charge in [-0.05, 0) is 37.5 Å². The summed E-state index contributed by atoms with van der Waals surface area (Å²) in [5.41, 5.74) is 0.909. The zero-order chi connectivity index (χ0) is 16.4. The third-order valence-electron chi connectivity index (χ3n) is 3.45. The number of benzene rings is 1. The molecule has 124 valence electrons. The van der Waals surface area contributed by atoms with E-state index in [1.165, 1.54) is 12.1 Å². The SMILES string of the molecule is CC(SCc1nnc(C2CC2)o1)c1ccc(OC(F)(F)F)cc1. The molecule has 0 amide bonds. The average Bonchev–Trinajstić information content (AvgIpc) is 3.23. The zero-order valence-electron chi connectivity index (χ0n) is 12.3. The highest BCUT2D eigenvalue weighted by Gasteiger charge is 2.31. The number of alkyl halides is 3. The lowest BCUT2D eigenvalue weighted by molar-refractivity contribution is -0.274. The molecule has 0 N–H and O–H groups in total. The summed E-state index contributed by atoms with van der Waals surface area (Å²) in [6.07, 6.45) is -2.45. The molecule has 4 nitrogen and oxygen atoms in total. The summed E-state index contributed by atoms with van der Waals surface area (Å²) in [6.45, 7) is 1.97. The van der Waals surface area contributed by atoms with Crippen molar-refractivity contribution in [2.24, 2.45) is 0 Å². The Hall–Kier alpha value is -1.70. The molecule has 1 aromatic heterocycles. The molecule has 1 fully saturated rings. The van der Waals surface area contributed by atoms with Crippen LogP contribution in [0.4, 0.5) is 13.2 Å². The van der Waals surface area contributed by atoms with Crippen LogP contribution in [0.5, 0.6) is 5.75 Å². The predicted molar refractivity (Wildman–Crippen MR) is 79.1 cm³/mol. The van der Waals surface area contributed by atoms with E-state index in [4.69, 9.17) is 4.42 Å². The Kier molecular flexibility index (Phi) is 4.52. The van der Waals surface area contributed by atoms with Crippen molar-refractivity contribution in [2.45, 2.75) is 43.0 Å². The molecule has 0 radical (unpaired) electrons. The number of thioether (sulfide) groups is 1. The van der Waals surface area contributed by atoms with Gasteiger partial charge in [-0.15, -0.1) is 35.1 Å². The Morgan fingerprint density at radius 1 is 1.26 bits per heavy atom. The third-order valence-corrected chi connectivity index (χ3v) is 4.63. The van der Waals surface area contributed by atoms with E-state index < -0.39 is 6.36 Å². The van der Waals surface area contributed by atoms with Crippen molar-refractivity contribution in [3.63, 3.8) is 0 Å². The molecule has 1 heterocycles. The van der Waals surface area contributed by atoms with E-state index >= 15 is 0 Å². The second kappa shape index (κ2) is 6.43. The molecule has 1 atom stereocenters. The molecule has 0 spiro atoms. The number of aromatic nitrogens is 2. The predicted octanol–water partition coefficient (Wildman–Crippen LogP) is 4.84. The van der Waals surface area contributed by atoms with Crippen LogP contribution in [0.3, 0.4) is 0 Å². The average molecular weight is 344 g/mol. The molecule has 1 aliphatic rings. The zero-order valence-corrected chi connectivity index (χ0v) is 13.2. The minimum Gasteiger partial charge on any atom is -0.424 e. The minimum absolute atomic E-state index is 0.0891. The van der Waals surface area contributed by atoms with E-state index in [0.717, 1.165) is 18.4 Å². The summed E-state index contributed by atoms with van der Waals surface area (Å²) >= 11 is 1.59. The number of nitrogens with zero attached hydrogens (tertiary/aromatic N) is 2. The van der Waals surface area contributed by atoms with Crippen molar-refractivity contribution in [3.05, 3.63) is 41.6 Å². The number of hydrogen-bond acceptors (Lipinski definition) is 5. The van der Waals surface area contributed by atoms with Crippen LogP contribution >= 0.6 is 11.8 Å². The fourth-order valence-corrected chi connectivity index (χ4v) is 2.91. The molecule has 1 saturated carbocycles. The smallest absolute Gasteiger partial charge is 0.424 e. The summed E-state index contributed by atoms with van der Waals surface area (Å²) in [5.74, 6) is 2.08. The number of hydrogen-bond donors (Lipinski definition) is 0. The Bertz CT molecular complexity index is 653. The molecule has 0 bridgehead atoms. The van der Waals surface area contributed by atoms with Crippen molar-refractivity contribution in [2.75, 3.05) is 0 Å². The molecule has 1 unspecified atom stereocenters. The van der Waals surface area contributed by atoms with Crippen LogP contribution in [-0.4, -0.2) is 16.6 Å². The summed E-state index contributed by atoms with van der Waals surface area (Å²) in [5, 5.41) is 8.13. The van der Waals surface area contributed by atoms with Crippen molar-refractivity contribution in [3.8, 4) is 5.75 Å². The van der Waals surface area contributed by atoms with E-state index in [2.05, 4.69) is 14.9 Å². The number of rotatable bonds is 6. The van der Waals surface area contributed by atoms with Gasteiger partial charge in [-0.2, -0.15) is 0 Å². The van der Waals surface area contributed by atoms with Gasteiger partial charge in [0.1, 0.15) is 5.75 Å². The first-order chi connectivity index (χ1) is 10.9. The van der Waals surface area contributed by atoms with Crippen molar-refractivity contribution >= 4 is 11.8 Å². The summed E-state index contributed by atoms with van der Waals surface area (Å²) in [6, 6.07) is 5.89. The lowest BCUT2D eigenvalue weighted by Crippen LogP contribution is -2.17. The quantitative estimate of drug-likeness (QED) is 0.750. The Morgan fingerprint density at radius 3 is 2.57 bits per heavy atom. The van der Waals surface area contributed by atoms with Gasteiger partial charge in [0.05, 0.1) is 5.75 Å². The Balaban J connectivity index is 1.53. The van der Waals surface area contributed by atoms with Crippen molar-refractivity contribution < 1.29 is 22.3 Å². The van der Waals surface area contributed by atoms with E-state index in [9.17, 15) is 13.2 Å². The molecule has 3 rings (SSSR count). The van der Waals surface area contributed by atoms with E-state index in [1.54, 1.807) is 23.9 Å². The van der Waals surface area contributed by atoms with Gasteiger partial charge in [-0.3, -0.25) is 0 Å². The first kappa shape index (κ1) is 16.2.